The Morgan fingerprint density at radius 2 is 1.76 bits per heavy atom. The lowest BCUT2D eigenvalue weighted by atomic mass is 10.2. The molecule has 2 aromatic rings. The summed E-state index contributed by atoms with van der Waals surface area (Å²) in [5.41, 5.74) is 2.02. The fourth-order valence-corrected chi connectivity index (χ4v) is 3.68. The number of amides is 1. The van der Waals surface area contributed by atoms with Crippen molar-refractivity contribution < 1.29 is 18.5 Å². The van der Waals surface area contributed by atoms with Gasteiger partial charge in [-0.05, 0) is 30.3 Å². The van der Waals surface area contributed by atoms with Crippen molar-refractivity contribution >= 4 is 23.4 Å². The second-order valence-electron chi connectivity index (χ2n) is 6.24. The molecule has 0 atom stereocenters. The normalized spacial score (nSPS) is 14.6. The molecule has 0 spiro atoms. The Labute approximate surface area is 150 Å². The molecule has 0 unspecified atom stereocenters. The number of nitrogens with one attached hydrogen (secondary N) is 2. The van der Waals surface area contributed by atoms with Crippen LogP contribution in [0.3, 0.4) is 0 Å². The molecule has 1 aliphatic rings. The molecule has 1 saturated heterocycles. The van der Waals surface area contributed by atoms with Gasteiger partial charge < -0.3 is 10.2 Å². The van der Waals surface area contributed by atoms with Gasteiger partial charge in [-0.3, -0.25) is 4.79 Å². The summed E-state index contributed by atoms with van der Waals surface area (Å²) in [6, 6.07) is 11.5. The molecular weight excluding hydrogens is 342 g/mol. The summed E-state index contributed by atoms with van der Waals surface area (Å²) < 4.78 is 26.0. The van der Waals surface area contributed by atoms with E-state index in [1.807, 2.05) is 24.3 Å². The van der Waals surface area contributed by atoms with Crippen molar-refractivity contribution in [3.05, 3.63) is 59.7 Å². The van der Waals surface area contributed by atoms with Crippen LogP contribution >= 0.6 is 11.8 Å². The van der Waals surface area contributed by atoms with Crippen LogP contribution in [0.4, 0.5) is 14.5 Å². The Balaban J connectivity index is 1.47. The summed E-state index contributed by atoms with van der Waals surface area (Å²) in [5.74, 6) is -1.82. The van der Waals surface area contributed by atoms with Crippen LogP contribution in [0.15, 0.2) is 47.4 Å². The SMILES string of the molecule is O=C(CSc1ccc(F)c(F)c1)Nc1ccc(C[NH+]2CCCC2)cc1. The quantitative estimate of drug-likeness (QED) is 0.774. The van der Waals surface area contributed by atoms with E-state index >= 15 is 0 Å². The predicted molar refractivity (Wildman–Crippen MR) is 95.8 cm³/mol. The van der Waals surface area contributed by atoms with Gasteiger partial charge in [0.05, 0.1) is 18.8 Å². The first kappa shape index (κ1) is 17.9. The number of hydrogen-bond donors (Lipinski definition) is 2. The predicted octanol–water partition coefficient (Wildman–Crippen LogP) is 2.87. The largest absolute Gasteiger partial charge is 0.331 e. The van der Waals surface area contributed by atoms with Crippen molar-refractivity contribution in [3.63, 3.8) is 0 Å². The lowest BCUT2D eigenvalue weighted by molar-refractivity contribution is -0.901. The molecular formula is C19H21F2N2OS+. The highest BCUT2D eigenvalue weighted by Gasteiger charge is 2.15. The summed E-state index contributed by atoms with van der Waals surface area (Å²) in [6.45, 7) is 3.50. The summed E-state index contributed by atoms with van der Waals surface area (Å²) in [4.78, 5) is 14.1. The van der Waals surface area contributed by atoms with Crippen LogP contribution in [0.2, 0.25) is 0 Å². The van der Waals surface area contributed by atoms with Crippen LogP contribution in [0.5, 0.6) is 0 Å². The second kappa shape index (κ2) is 8.45. The summed E-state index contributed by atoms with van der Waals surface area (Å²) in [7, 11) is 0. The second-order valence-corrected chi connectivity index (χ2v) is 7.29. The summed E-state index contributed by atoms with van der Waals surface area (Å²) in [5, 5.41) is 2.82. The Bertz CT molecular complexity index is 731. The first-order valence-corrected chi connectivity index (χ1v) is 9.39. The Morgan fingerprint density at radius 3 is 2.44 bits per heavy atom. The highest BCUT2D eigenvalue weighted by atomic mass is 32.2. The number of hydrogen-bond acceptors (Lipinski definition) is 2. The van der Waals surface area contributed by atoms with Crippen LogP contribution in [-0.4, -0.2) is 24.7 Å². The van der Waals surface area contributed by atoms with Crippen molar-refractivity contribution in [1.29, 1.82) is 0 Å². The van der Waals surface area contributed by atoms with Gasteiger partial charge in [-0.15, -0.1) is 11.8 Å². The van der Waals surface area contributed by atoms with Gasteiger partial charge in [0, 0.05) is 29.0 Å². The minimum Gasteiger partial charge on any atom is -0.331 e. The molecule has 3 rings (SSSR count). The standard InChI is InChI=1S/C19H20F2N2OS/c20-17-8-7-16(11-18(17)21)25-13-19(24)22-15-5-3-14(4-6-15)12-23-9-1-2-10-23/h3-8,11H,1-2,9-10,12-13H2,(H,22,24)/p+1. The van der Waals surface area contributed by atoms with Crippen molar-refractivity contribution in [1.82, 2.24) is 0 Å². The maximum Gasteiger partial charge on any atom is 0.234 e. The van der Waals surface area contributed by atoms with E-state index in [2.05, 4.69) is 5.32 Å². The van der Waals surface area contributed by atoms with Gasteiger partial charge in [0.2, 0.25) is 5.91 Å². The zero-order chi connectivity index (χ0) is 17.6. The number of anilines is 1. The molecule has 1 aliphatic heterocycles. The smallest absolute Gasteiger partial charge is 0.234 e. The third-order valence-electron chi connectivity index (χ3n) is 4.26. The lowest BCUT2D eigenvalue weighted by Gasteiger charge is -2.12. The molecule has 2 aromatic carbocycles. The molecule has 25 heavy (non-hydrogen) atoms. The van der Waals surface area contributed by atoms with E-state index < -0.39 is 11.6 Å². The van der Waals surface area contributed by atoms with Crippen molar-refractivity contribution in [2.75, 3.05) is 24.2 Å². The van der Waals surface area contributed by atoms with Gasteiger partial charge in [-0.25, -0.2) is 8.78 Å². The van der Waals surface area contributed by atoms with Crippen molar-refractivity contribution in [3.8, 4) is 0 Å². The number of carbonyl (C=O) groups excluding carboxylic acids is 1. The Hall–Kier alpha value is -1.92. The van der Waals surface area contributed by atoms with Gasteiger partial charge in [0.15, 0.2) is 11.6 Å². The third kappa shape index (κ3) is 5.28. The van der Waals surface area contributed by atoms with E-state index in [0.29, 0.717) is 4.90 Å². The van der Waals surface area contributed by atoms with Gasteiger partial charge in [-0.1, -0.05) is 12.1 Å². The van der Waals surface area contributed by atoms with Gasteiger partial charge in [-0.2, -0.15) is 0 Å². The van der Waals surface area contributed by atoms with E-state index in [0.717, 1.165) is 24.4 Å². The molecule has 0 aromatic heterocycles. The van der Waals surface area contributed by atoms with Crippen LogP contribution < -0.4 is 10.2 Å². The van der Waals surface area contributed by atoms with Crippen LogP contribution in [0, 0.1) is 11.6 Å². The minimum absolute atomic E-state index is 0.144. The van der Waals surface area contributed by atoms with E-state index in [-0.39, 0.29) is 11.7 Å². The summed E-state index contributed by atoms with van der Waals surface area (Å²) in [6.07, 6.45) is 2.61. The Kier molecular flexibility index (Phi) is 6.04. The van der Waals surface area contributed by atoms with E-state index in [4.69, 9.17) is 0 Å². The maximum atomic E-state index is 13.1. The maximum absolute atomic E-state index is 13.1. The average Bonchev–Trinajstić information content (AvgIpc) is 3.11. The number of quaternary nitrogens is 1. The minimum atomic E-state index is -0.902. The lowest BCUT2D eigenvalue weighted by Crippen LogP contribution is -3.08. The number of likely N-dealkylation sites (tertiary alicyclic amines) is 1. The molecule has 1 fully saturated rings. The van der Waals surface area contributed by atoms with Gasteiger partial charge in [0.25, 0.3) is 0 Å². The zero-order valence-corrected chi connectivity index (χ0v) is 14.7. The molecule has 6 heteroatoms. The molecule has 0 radical (unpaired) electrons. The molecule has 0 saturated carbocycles. The fourth-order valence-electron chi connectivity index (χ4n) is 2.96. The van der Waals surface area contributed by atoms with Crippen LogP contribution in [0.1, 0.15) is 18.4 Å². The number of halogens is 2. The van der Waals surface area contributed by atoms with E-state index in [1.54, 1.807) is 4.90 Å². The number of carbonyl (C=O) groups is 1. The third-order valence-corrected chi connectivity index (χ3v) is 5.26. The van der Waals surface area contributed by atoms with Gasteiger partial charge >= 0.3 is 0 Å². The van der Waals surface area contributed by atoms with Crippen molar-refractivity contribution in [2.45, 2.75) is 24.3 Å². The highest BCUT2D eigenvalue weighted by molar-refractivity contribution is 8.00. The Morgan fingerprint density at radius 1 is 1.04 bits per heavy atom. The van der Waals surface area contributed by atoms with E-state index in [1.165, 1.54) is 49.3 Å². The topological polar surface area (TPSA) is 33.5 Å². The molecule has 132 valence electrons. The molecule has 0 bridgehead atoms. The first-order chi connectivity index (χ1) is 12.1. The molecule has 1 heterocycles. The number of rotatable bonds is 6. The van der Waals surface area contributed by atoms with Crippen molar-refractivity contribution in [2.24, 2.45) is 0 Å². The molecule has 3 nitrogen and oxygen atoms in total. The highest BCUT2D eigenvalue weighted by Crippen LogP contribution is 2.20. The monoisotopic (exact) mass is 363 g/mol. The number of benzene rings is 2. The van der Waals surface area contributed by atoms with Crippen LogP contribution in [-0.2, 0) is 11.3 Å². The molecule has 0 aliphatic carbocycles. The summed E-state index contributed by atoms with van der Waals surface area (Å²) >= 11 is 1.17. The fraction of sp³-hybridized carbons (Fsp3) is 0.316. The molecule has 1 amide bonds. The van der Waals surface area contributed by atoms with Gasteiger partial charge in [0.1, 0.15) is 6.54 Å². The average molecular weight is 363 g/mol. The zero-order valence-electron chi connectivity index (χ0n) is 13.9. The first-order valence-electron chi connectivity index (χ1n) is 8.40. The van der Waals surface area contributed by atoms with E-state index in [9.17, 15) is 13.6 Å². The molecule has 2 N–H and O–H groups in total. The number of thioether (sulfide) groups is 1. The van der Waals surface area contributed by atoms with Crippen LogP contribution in [0.25, 0.3) is 0 Å².